The van der Waals surface area contributed by atoms with Crippen molar-refractivity contribution in [3.05, 3.63) is 76.7 Å². The van der Waals surface area contributed by atoms with Gasteiger partial charge in [-0.15, -0.1) is 0 Å². The van der Waals surface area contributed by atoms with Crippen molar-refractivity contribution in [2.45, 2.75) is 52.7 Å². The summed E-state index contributed by atoms with van der Waals surface area (Å²) in [4.78, 5) is 45.4. The number of aromatic nitrogens is 2. The third-order valence-corrected chi connectivity index (χ3v) is 6.44. The van der Waals surface area contributed by atoms with Gasteiger partial charge in [-0.3, -0.25) is 19.3 Å². The molecule has 2 N–H and O–H groups in total. The van der Waals surface area contributed by atoms with E-state index in [1.165, 1.54) is 23.2 Å². The summed E-state index contributed by atoms with van der Waals surface area (Å²) in [6.45, 7) is 9.03. The summed E-state index contributed by atoms with van der Waals surface area (Å²) in [7, 11) is 0. The number of thiophene rings is 1. The Hall–Kier alpha value is -3.98. The van der Waals surface area contributed by atoms with Crippen LogP contribution in [-0.2, 0) is 20.9 Å². The first kappa shape index (κ1) is 26.1. The van der Waals surface area contributed by atoms with Gasteiger partial charge < -0.3 is 15.2 Å². The van der Waals surface area contributed by atoms with E-state index >= 15 is 0 Å². The Bertz CT molecular complexity index is 1420. The molecule has 0 saturated carbocycles. The number of carbonyl (C=O) groups excluding carboxylic acids is 3. The lowest BCUT2D eigenvalue weighted by Gasteiger charge is -2.33. The highest BCUT2D eigenvalue weighted by molar-refractivity contribution is 7.08. The Balaban J connectivity index is 1.80. The fourth-order valence-corrected chi connectivity index (χ4v) is 4.92. The second kappa shape index (κ2) is 10.6. The number of aryl methyl sites for hydroxylation is 1. The standard InChI is InChI=1S/C28H31N5O3S/c1-18-29-23-8-6-7-9-24(23)32(18)16-25(35)33(22-12-10-21(11-13-22)30-19(2)34)26(20-14-15-37-17-20)27(36)31-28(3,4)5/h6-15,17,26H,16H2,1-5H3,(H,30,34)(H,31,36). The van der Waals surface area contributed by atoms with Crippen LogP contribution in [-0.4, -0.2) is 32.8 Å². The summed E-state index contributed by atoms with van der Waals surface area (Å²) in [5.74, 6) is -0.0261. The highest BCUT2D eigenvalue weighted by Gasteiger charge is 2.35. The summed E-state index contributed by atoms with van der Waals surface area (Å²) in [6.07, 6.45) is 0. The van der Waals surface area contributed by atoms with E-state index in [0.29, 0.717) is 17.2 Å². The van der Waals surface area contributed by atoms with E-state index < -0.39 is 11.6 Å². The van der Waals surface area contributed by atoms with Crippen LogP contribution in [0.25, 0.3) is 11.0 Å². The number of anilines is 2. The normalized spacial score (nSPS) is 12.2. The maximum Gasteiger partial charge on any atom is 0.248 e. The van der Waals surface area contributed by atoms with Crippen LogP contribution in [0.5, 0.6) is 0 Å². The van der Waals surface area contributed by atoms with Crippen LogP contribution < -0.4 is 15.5 Å². The van der Waals surface area contributed by atoms with Crippen LogP contribution in [0.3, 0.4) is 0 Å². The molecule has 0 aliphatic heterocycles. The van der Waals surface area contributed by atoms with Gasteiger partial charge >= 0.3 is 0 Å². The molecule has 0 radical (unpaired) electrons. The molecule has 0 spiro atoms. The lowest BCUT2D eigenvalue weighted by atomic mass is 10.0. The van der Waals surface area contributed by atoms with Crippen LogP contribution in [0.2, 0.25) is 0 Å². The molecule has 0 aliphatic rings. The maximum absolute atomic E-state index is 14.1. The Morgan fingerprint density at radius 2 is 1.76 bits per heavy atom. The zero-order chi connectivity index (χ0) is 26.7. The molecule has 0 bridgehead atoms. The van der Waals surface area contributed by atoms with Crippen molar-refractivity contribution in [2.24, 2.45) is 0 Å². The number of carbonyl (C=O) groups is 3. The van der Waals surface area contributed by atoms with Gasteiger partial charge in [-0.05, 0) is 86.5 Å². The monoisotopic (exact) mass is 517 g/mol. The van der Waals surface area contributed by atoms with Crippen molar-refractivity contribution in [2.75, 3.05) is 10.2 Å². The van der Waals surface area contributed by atoms with Gasteiger partial charge in [0.15, 0.2) is 0 Å². The number of para-hydroxylation sites is 2. The number of hydrogen-bond donors (Lipinski definition) is 2. The average molecular weight is 518 g/mol. The van der Waals surface area contributed by atoms with E-state index in [1.807, 2.05) is 73.4 Å². The molecule has 1 unspecified atom stereocenters. The smallest absolute Gasteiger partial charge is 0.248 e. The molecule has 0 saturated heterocycles. The molecule has 0 fully saturated rings. The molecular formula is C28H31N5O3S. The molecule has 4 rings (SSSR count). The highest BCUT2D eigenvalue weighted by Crippen LogP contribution is 2.31. The van der Waals surface area contributed by atoms with E-state index in [1.54, 1.807) is 24.3 Å². The molecule has 0 aliphatic carbocycles. The van der Waals surface area contributed by atoms with Gasteiger partial charge in [-0.1, -0.05) is 12.1 Å². The minimum atomic E-state index is -0.889. The zero-order valence-electron chi connectivity index (χ0n) is 21.6. The maximum atomic E-state index is 14.1. The van der Waals surface area contributed by atoms with Gasteiger partial charge in [-0.2, -0.15) is 11.3 Å². The summed E-state index contributed by atoms with van der Waals surface area (Å²) in [5, 5.41) is 9.57. The molecule has 4 aromatic rings. The fourth-order valence-electron chi connectivity index (χ4n) is 4.24. The predicted octanol–water partition coefficient (Wildman–Crippen LogP) is 5.05. The Labute approximate surface area is 220 Å². The SMILES string of the molecule is CC(=O)Nc1ccc(N(C(=O)Cn2c(C)nc3ccccc32)C(C(=O)NC(C)(C)C)c2ccsc2)cc1. The van der Waals surface area contributed by atoms with Crippen molar-refractivity contribution >= 4 is 51.5 Å². The Morgan fingerprint density at radius 1 is 1.05 bits per heavy atom. The average Bonchev–Trinajstić information content (AvgIpc) is 3.44. The van der Waals surface area contributed by atoms with E-state index in [-0.39, 0.29) is 24.3 Å². The molecule has 37 heavy (non-hydrogen) atoms. The molecule has 2 aromatic carbocycles. The van der Waals surface area contributed by atoms with Gasteiger partial charge in [0, 0.05) is 23.8 Å². The van der Waals surface area contributed by atoms with Crippen LogP contribution in [0.4, 0.5) is 11.4 Å². The summed E-state index contributed by atoms with van der Waals surface area (Å²) >= 11 is 1.47. The van der Waals surface area contributed by atoms with E-state index in [4.69, 9.17) is 0 Å². The molecule has 192 valence electrons. The second-order valence-corrected chi connectivity index (χ2v) is 10.7. The third kappa shape index (κ3) is 6.06. The molecule has 9 heteroatoms. The van der Waals surface area contributed by atoms with E-state index in [0.717, 1.165) is 16.6 Å². The van der Waals surface area contributed by atoms with E-state index in [2.05, 4.69) is 15.6 Å². The van der Waals surface area contributed by atoms with Gasteiger partial charge in [0.2, 0.25) is 17.7 Å². The topological polar surface area (TPSA) is 96.3 Å². The largest absolute Gasteiger partial charge is 0.349 e. The fraction of sp³-hybridized carbons (Fsp3) is 0.286. The van der Waals surface area contributed by atoms with Crippen molar-refractivity contribution in [3.63, 3.8) is 0 Å². The molecule has 2 aromatic heterocycles. The van der Waals surface area contributed by atoms with Crippen LogP contribution in [0.15, 0.2) is 65.4 Å². The van der Waals surface area contributed by atoms with Crippen LogP contribution in [0.1, 0.15) is 45.1 Å². The number of hydrogen-bond acceptors (Lipinski definition) is 5. The second-order valence-electron chi connectivity index (χ2n) is 9.92. The van der Waals surface area contributed by atoms with Crippen molar-refractivity contribution in [1.82, 2.24) is 14.9 Å². The molecule has 8 nitrogen and oxygen atoms in total. The van der Waals surface area contributed by atoms with Crippen molar-refractivity contribution < 1.29 is 14.4 Å². The number of nitrogens with one attached hydrogen (secondary N) is 2. The lowest BCUT2D eigenvalue weighted by Crippen LogP contribution is -2.50. The molecule has 2 heterocycles. The first-order valence-corrected chi connectivity index (χ1v) is 12.9. The van der Waals surface area contributed by atoms with Gasteiger partial charge in [0.05, 0.1) is 11.0 Å². The zero-order valence-corrected chi connectivity index (χ0v) is 22.4. The number of nitrogens with zero attached hydrogens (tertiary/aromatic N) is 3. The van der Waals surface area contributed by atoms with Crippen molar-refractivity contribution in [3.8, 4) is 0 Å². The lowest BCUT2D eigenvalue weighted by molar-refractivity contribution is -0.127. The number of benzene rings is 2. The molecular weight excluding hydrogens is 486 g/mol. The number of imidazole rings is 1. The number of amides is 3. The Kier molecular flexibility index (Phi) is 7.45. The van der Waals surface area contributed by atoms with Crippen molar-refractivity contribution in [1.29, 1.82) is 0 Å². The number of fused-ring (bicyclic) bond motifs is 1. The van der Waals surface area contributed by atoms with Gasteiger partial charge in [0.1, 0.15) is 18.4 Å². The summed E-state index contributed by atoms with van der Waals surface area (Å²) < 4.78 is 1.86. The van der Waals surface area contributed by atoms with Gasteiger partial charge in [-0.25, -0.2) is 4.98 Å². The molecule has 1 atom stereocenters. The summed E-state index contributed by atoms with van der Waals surface area (Å²) in [6, 6.07) is 15.6. The number of rotatable bonds is 7. The minimum absolute atomic E-state index is 0.00320. The van der Waals surface area contributed by atoms with Crippen LogP contribution in [0, 0.1) is 6.92 Å². The van der Waals surface area contributed by atoms with Gasteiger partial charge in [0.25, 0.3) is 0 Å². The van der Waals surface area contributed by atoms with E-state index in [9.17, 15) is 14.4 Å². The third-order valence-electron chi connectivity index (χ3n) is 5.74. The highest BCUT2D eigenvalue weighted by atomic mass is 32.1. The quantitative estimate of drug-likeness (QED) is 0.358. The summed E-state index contributed by atoms with van der Waals surface area (Å²) in [5.41, 5.74) is 3.03. The Morgan fingerprint density at radius 3 is 2.38 bits per heavy atom. The predicted molar refractivity (Wildman–Crippen MR) is 148 cm³/mol. The molecule has 3 amide bonds. The van der Waals surface area contributed by atoms with Crippen LogP contribution >= 0.6 is 11.3 Å². The minimum Gasteiger partial charge on any atom is -0.349 e. The first-order valence-electron chi connectivity index (χ1n) is 12.0. The first-order chi connectivity index (χ1) is 17.5.